The summed E-state index contributed by atoms with van der Waals surface area (Å²) in [5.74, 6) is -3.19. The van der Waals surface area contributed by atoms with E-state index in [2.05, 4.69) is 0 Å². The van der Waals surface area contributed by atoms with Crippen molar-refractivity contribution in [1.82, 2.24) is 0 Å². The molecule has 0 aromatic heterocycles. The van der Waals surface area contributed by atoms with E-state index in [-0.39, 0.29) is 19.4 Å². The minimum atomic E-state index is -1.91. The van der Waals surface area contributed by atoms with E-state index in [1.807, 2.05) is 6.92 Å². The summed E-state index contributed by atoms with van der Waals surface area (Å²) in [4.78, 5) is 11.4. The third-order valence-corrected chi connectivity index (χ3v) is 3.91. The SMILES string of the molecule is CCCCCCC(C(=O)O)C(O)(CO)C(CO)CCO. The highest BCUT2D eigenvalue weighted by Crippen LogP contribution is 2.32. The lowest BCUT2D eigenvalue weighted by molar-refractivity contribution is -0.168. The molecule has 0 heterocycles. The Kier molecular flexibility index (Phi) is 9.75. The summed E-state index contributed by atoms with van der Waals surface area (Å²) in [5.41, 5.74) is -1.91. The van der Waals surface area contributed by atoms with Crippen molar-refractivity contribution in [3.05, 3.63) is 0 Å². The molecule has 0 radical (unpaired) electrons. The number of aliphatic hydroxyl groups excluding tert-OH is 3. The molecule has 0 aromatic carbocycles. The van der Waals surface area contributed by atoms with Crippen molar-refractivity contribution in [2.45, 2.75) is 51.0 Å². The lowest BCUT2D eigenvalue weighted by Crippen LogP contribution is -2.53. The molecule has 0 fully saturated rings. The maximum Gasteiger partial charge on any atom is 0.309 e. The van der Waals surface area contributed by atoms with Crippen LogP contribution in [0.2, 0.25) is 0 Å². The summed E-state index contributed by atoms with van der Waals surface area (Å²) in [6.07, 6.45) is 3.81. The van der Waals surface area contributed by atoms with Gasteiger partial charge in [0.2, 0.25) is 0 Å². The van der Waals surface area contributed by atoms with Crippen LogP contribution in [0.4, 0.5) is 0 Å². The molecule has 20 heavy (non-hydrogen) atoms. The van der Waals surface area contributed by atoms with E-state index in [0.717, 1.165) is 19.3 Å². The molecule has 0 saturated heterocycles. The van der Waals surface area contributed by atoms with Crippen molar-refractivity contribution in [3.63, 3.8) is 0 Å². The van der Waals surface area contributed by atoms with Gasteiger partial charge in [-0.25, -0.2) is 0 Å². The van der Waals surface area contributed by atoms with Gasteiger partial charge in [-0.05, 0) is 12.8 Å². The van der Waals surface area contributed by atoms with Crippen LogP contribution in [0.5, 0.6) is 0 Å². The average molecular weight is 292 g/mol. The number of carboxylic acid groups (broad SMARTS) is 1. The minimum absolute atomic E-state index is 0.0479. The lowest BCUT2D eigenvalue weighted by Gasteiger charge is -2.38. The van der Waals surface area contributed by atoms with Crippen molar-refractivity contribution in [2.24, 2.45) is 11.8 Å². The van der Waals surface area contributed by atoms with Crippen molar-refractivity contribution < 1.29 is 30.3 Å². The smallest absolute Gasteiger partial charge is 0.309 e. The molecule has 0 amide bonds. The van der Waals surface area contributed by atoms with E-state index >= 15 is 0 Å². The molecule has 0 aromatic rings. The van der Waals surface area contributed by atoms with Gasteiger partial charge in [0, 0.05) is 19.1 Å². The van der Waals surface area contributed by atoms with Crippen LogP contribution >= 0.6 is 0 Å². The van der Waals surface area contributed by atoms with E-state index in [1.54, 1.807) is 0 Å². The zero-order chi connectivity index (χ0) is 15.6. The minimum Gasteiger partial charge on any atom is -0.481 e. The topological polar surface area (TPSA) is 118 Å². The summed E-state index contributed by atoms with van der Waals surface area (Å²) in [7, 11) is 0. The number of carboxylic acids is 1. The molecule has 0 aliphatic heterocycles. The number of hydrogen-bond donors (Lipinski definition) is 5. The molecule has 0 rings (SSSR count). The molecule has 0 bridgehead atoms. The maximum absolute atomic E-state index is 11.4. The molecule has 0 spiro atoms. The van der Waals surface area contributed by atoms with E-state index in [4.69, 9.17) is 5.11 Å². The number of aliphatic hydroxyl groups is 4. The molecule has 0 aliphatic rings. The summed E-state index contributed by atoms with van der Waals surface area (Å²) in [6.45, 7) is 0.539. The van der Waals surface area contributed by atoms with E-state index in [1.165, 1.54) is 0 Å². The Hall–Kier alpha value is -0.690. The highest BCUT2D eigenvalue weighted by Gasteiger charge is 2.46. The Morgan fingerprint density at radius 1 is 1.10 bits per heavy atom. The highest BCUT2D eigenvalue weighted by molar-refractivity contribution is 5.71. The Labute approximate surface area is 120 Å². The monoisotopic (exact) mass is 292 g/mol. The average Bonchev–Trinajstić information content (AvgIpc) is 2.43. The fraction of sp³-hybridized carbons (Fsp3) is 0.929. The van der Waals surface area contributed by atoms with Crippen LogP contribution in [0.15, 0.2) is 0 Å². The van der Waals surface area contributed by atoms with Crippen molar-refractivity contribution in [2.75, 3.05) is 19.8 Å². The van der Waals surface area contributed by atoms with Crippen LogP contribution in [0, 0.1) is 11.8 Å². The van der Waals surface area contributed by atoms with E-state index in [0.29, 0.717) is 6.42 Å². The summed E-state index contributed by atoms with van der Waals surface area (Å²) in [6, 6.07) is 0. The molecule has 3 unspecified atom stereocenters. The van der Waals surface area contributed by atoms with Gasteiger partial charge in [0.05, 0.1) is 12.5 Å². The quantitative estimate of drug-likeness (QED) is 0.332. The first kappa shape index (κ1) is 19.3. The van der Waals surface area contributed by atoms with Crippen LogP contribution in [-0.2, 0) is 4.79 Å². The van der Waals surface area contributed by atoms with Crippen LogP contribution in [0.25, 0.3) is 0 Å². The largest absolute Gasteiger partial charge is 0.481 e. The predicted octanol–water partition coefficient (Wildman–Crippen LogP) is 0.372. The second-order valence-corrected chi connectivity index (χ2v) is 5.28. The van der Waals surface area contributed by atoms with Gasteiger partial charge in [-0.2, -0.15) is 0 Å². The number of unbranched alkanes of at least 4 members (excludes halogenated alkanes) is 3. The number of carbonyl (C=O) groups is 1. The normalized spacial score (nSPS) is 17.4. The first-order valence-corrected chi connectivity index (χ1v) is 7.25. The molecule has 6 heteroatoms. The van der Waals surface area contributed by atoms with Crippen molar-refractivity contribution >= 4 is 5.97 Å². The summed E-state index contributed by atoms with van der Waals surface area (Å²) in [5, 5.41) is 47.4. The molecule has 3 atom stereocenters. The molecular formula is C14H28O6. The van der Waals surface area contributed by atoms with Crippen molar-refractivity contribution in [1.29, 1.82) is 0 Å². The Balaban J connectivity index is 4.91. The zero-order valence-corrected chi connectivity index (χ0v) is 12.2. The second-order valence-electron chi connectivity index (χ2n) is 5.28. The third kappa shape index (κ3) is 5.36. The molecule has 120 valence electrons. The van der Waals surface area contributed by atoms with Gasteiger partial charge in [0.1, 0.15) is 5.60 Å². The zero-order valence-electron chi connectivity index (χ0n) is 12.2. The standard InChI is InChI=1S/C14H28O6/c1-2-3-4-5-6-12(13(18)19)14(20,10-17)11(9-16)7-8-15/h11-12,15-17,20H,2-10H2,1H3,(H,18,19). The van der Waals surface area contributed by atoms with E-state index in [9.17, 15) is 25.2 Å². The molecule has 5 N–H and O–H groups in total. The Morgan fingerprint density at radius 2 is 1.75 bits per heavy atom. The van der Waals surface area contributed by atoms with E-state index < -0.39 is 36.6 Å². The fourth-order valence-corrected chi connectivity index (χ4v) is 2.54. The van der Waals surface area contributed by atoms with Gasteiger partial charge in [0.25, 0.3) is 0 Å². The number of rotatable bonds is 12. The highest BCUT2D eigenvalue weighted by atomic mass is 16.4. The second kappa shape index (κ2) is 10.1. The van der Waals surface area contributed by atoms with Gasteiger partial charge >= 0.3 is 5.97 Å². The molecule has 0 saturated carbocycles. The summed E-state index contributed by atoms with van der Waals surface area (Å²) < 4.78 is 0. The van der Waals surface area contributed by atoms with Gasteiger partial charge in [-0.3, -0.25) is 4.79 Å². The fourth-order valence-electron chi connectivity index (χ4n) is 2.54. The van der Waals surface area contributed by atoms with Gasteiger partial charge < -0.3 is 25.5 Å². The molecule has 6 nitrogen and oxygen atoms in total. The molecular weight excluding hydrogens is 264 g/mol. The van der Waals surface area contributed by atoms with Crippen LogP contribution in [0.1, 0.15) is 45.4 Å². The predicted molar refractivity (Wildman–Crippen MR) is 74.2 cm³/mol. The number of hydrogen-bond acceptors (Lipinski definition) is 5. The third-order valence-electron chi connectivity index (χ3n) is 3.91. The van der Waals surface area contributed by atoms with Gasteiger partial charge in [-0.1, -0.05) is 32.6 Å². The Bertz CT molecular complexity index is 270. The first-order chi connectivity index (χ1) is 9.47. The van der Waals surface area contributed by atoms with Gasteiger partial charge in [-0.15, -0.1) is 0 Å². The van der Waals surface area contributed by atoms with Crippen LogP contribution in [-0.4, -0.2) is 56.9 Å². The van der Waals surface area contributed by atoms with Crippen LogP contribution < -0.4 is 0 Å². The molecule has 0 aliphatic carbocycles. The Morgan fingerprint density at radius 3 is 2.15 bits per heavy atom. The number of aliphatic carboxylic acids is 1. The van der Waals surface area contributed by atoms with Gasteiger partial charge in [0.15, 0.2) is 0 Å². The van der Waals surface area contributed by atoms with Crippen LogP contribution in [0.3, 0.4) is 0 Å². The lowest BCUT2D eigenvalue weighted by atomic mass is 9.74. The first-order valence-electron chi connectivity index (χ1n) is 7.25. The summed E-state index contributed by atoms with van der Waals surface area (Å²) >= 11 is 0. The maximum atomic E-state index is 11.4. The van der Waals surface area contributed by atoms with Crippen molar-refractivity contribution in [3.8, 4) is 0 Å².